The van der Waals surface area contributed by atoms with Crippen LogP contribution in [0.25, 0.3) is 26.7 Å². The van der Waals surface area contributed by atoms with E-state index in [-0.39, 0.29) is 0 Å². The molecule has 2 heterocycles. The van der Waals surface area contributed by atoms with Crippen LogP contribution in [0.5, 0.6) is 0 Å². The maximum atomic E-state index is 4.86. The quantitative estimate of drug-likeness (QED) is 0.468. The molecule has 0 saturated carbocycles. The number of benzene rings is 1. The Morgan fingerprint density at radius 3 is 2.67 bits per heavy atom. The van der Waals surface area contributed by atoms with E-state index in [0.29, 0.717) is 0 Å². The fourth-order valence-electron chi connectivity index (χ4n) is 2.75. The van der Waals surface area contributed by atoms with Crippen molar-refractivity contribution >= 4 is 36.4 Å². The first-order valence-corrected chi connectivity index (χ1v) is 10.9. The molecule has 3 aromatic rings. The lowest BCUT2D eigenvalue weighted by atomic mass is 9.98. The topological polar surface area (TPSA) is 12.9 Å². The SMILES string of the molecule is CCc1pcc(-c2nc(-c3ccc(C4=CCCC=C4)cc3)cs2)s1. The van der Waals surface area contributed by atoms with E-state index in [1.807, 2.05) is 11.3 Å². The third-order valence-electron chi connectivity index (χ3n) is 4.08. The molecule has 120 valence electrons. The minimum Gasteiger partial charge on any atom is -0.235 e. The van der Waals surface area contributed by atoms with Crippen LogP contribution in [0.2, 0.25) is 0 Å². The Morgan fingerprint density at radius 1 is 1.12 bits per heavy atom. The van der Waals surface area contributed by atoms with Crippen molar-refractivity contribution in [1.29, 1.82) is 0 Å². The van der Waals surface area contributed by atoms with Crippen LogP contribution in [0.15, 0.2) is 53.7 Å². The van der Waals surface area contributed by atoms with Gasteiger partial charge in [0.15, 0.2) is 0 Å². The van der Waals surface area contributed by atoms with Gasteiger partial charge in [0.1, 0.15) is 5.01 Å². The highest BCUT2D eigenvalue weighted by atomic mass is 32.1. The number of hydrogen-bond acceptors (Lipinski definition) is 3. The van der Waals surface area contributed by atoms with Gasteiger partial charge in [0.05, 0.1) is 10.6 Å². The maximum absolute atomic E-state index is 4.86. The Labute approximate surface area is 152 Å². The second-order valence-electron chi connectivity index (χ2n) is 5.73. The van der Waals surface area contributed by atoms with Crippen LogP contribution < -0.4 is 0 Å². The van der Waals surface area contributed by atoms with E-state index >= 15 is 0 Å². The molecule has 4 heteroatoms. The molecule has 0 bridgehead atoms. The van der Waals surface area contributed by atoms with E-state index in [9.17, 15) is 0 Å². The Hall–Kier alpha value is -1.54. The summed E-state index contributed by atoms with van der Waals surface area (Å²) in [5.41, 5.74) is 4.90. The second-order valence-corrected chi connectivity index (χ2v) is 9.08. The van der Waals surface area contributed by atoms with E-state index in [1.165, 1.54) is 34.4 Å². The van der Waals surface area contributed by atoms with E-state index in [2.05, 4.69) is 60.6 Å². The summed E-state index contributed by atoms with van der Waals surface area (Å²) >= 11 is 3.64. The predicted molar refractivity (Wildman–Crippen MR) is 109 cm³/mol. The standard InChI is InChI=1S/C20H18NPS2/c1-2-19-22-12-18(24-19)20-21-17(13-23-20)16-10-8-15(9-11-16)14-6-4-3-5-7-14/h4,6-13H,2-3,5H2,1H3. The van der Waals surface area contributed by atoms with E-state index in [0.717, 1.165) is 30.0 Å². The molecule has 0 radical (unpaired) electrons. The molecule has 0 atom stereocenters. The third-order valence-corrected chi connectivity index (χ3v) is 7.90. The van der Waals surface area contributed by atoms with E-state index in [4.69, 9.17) is 4.98 Å². The van der Waals surface area contributed by atoms with Crippen LogP contribution in [-0.2, 0) is 6.42 Å². The summed E-state index contributed by atoms with van der Waals surface area (Å²) in [6.07, 6.45) is 10.2. The van der Waals surface area contributed by atoms with Crippen LogP contribution in [0.3, 0.4) is 0 Å². The monoisotopic (exact) mass is 367 g/mol. The van der Waals surface area contributed by atoms with Gasteiger partial charge >= 0.3 is 0 Å². The van der Waals surface area contributed by atoms with Gasteiger partial charge in [-0.25, -0.2) is 4.98 Å². The zero-order valence-corrected chi connectivity index (χ0v) is 16.1. The molecule has 0 amide bonds. The van der Waals surface area contributed by atoms with Crippen molar-refractivity contribution in [3.05, 3.63) is 63.8 Å². The summed E-state index contributed by atoms with van der Waals surface area (Å²) in [4.78, 5) is 6.17. The number of hydrogen-bond donors (Lipinski definition) is 0. The van der Waals surface area contributed by atoms with Crippen molar-refractivity contribution < 1.29 is 0 Å². The summed E-state index contributed by atoms with van der Waals surface area (Å²) < 4.78 is 1.51. The molecule has 24 heavy (non-hydrogen) atoms. The highest BCUT2D eigenvalue weighted by Crippen LogP contribution is 2.38. The molecule has 4 rings (SSSR count). The fraction of sp³-hybridized carbons (Fsp3) is 0.200. The zero-order valence-electron chi connectivity index (χ0n) is 13.5. The van der Waals surface area contributed by atoms with Gasteiger partial charge in [-0.2, -0.15) is 0 Å². The van der Waals surface area contributed by atoms with Gasteiger partial charge in [0.25, 0.3) is 0 Å². The van der Waals surface area contributed by atoms with Gasteiger partial charge in [0, 0.05) is 15.6 Å². The van der Waals surface area contributed by atoms with Gasteiger partial charge in [0.2, 0.25) is 0 Å². The Bertz CT molecular complexity index is 900. The summed E-state index contributed by atoms with van der Waals surface area (Å²) in [6, 6.07) is 8.80. The van der Waals surface area contributed by atoms with Crippen molar-refractivity contribution in [3.63, 3.8) is 0 Å². The normalized spacial score (nSPS) is 14.3. The van der Waals surface area contributed by atoms with Gasteiger partial charge < -0.3 is 0 Å². The molecule has 0 N–H and O–H groups in total. The number of aryl methyl sites for hydroxylation is 1. The Kier molecular flexibility index (Phi) is 4.75. The molecule has 1 aromatic carbocycles. The Balaban J connectivity index is 1.58. The van der Waals surface area contributed by atoms with Crippen LogP contribution in [0.1, 0.15) is 29.9 Å². The first kappa shape index (κ1) is 16.0. The second kappa shape index (κ2) is 7.14. The first-order chi connectivity index (χ1) is 11.8. The highest BCUT2D eigenvalue weighted by Gasteiger charge is 2.10. The predicted octanol–water partition coefficient (Wildman–Crippen LogP) is 7.41. The molecule has 0 aliphatic heterocycles. The molecule has 1 nitrogen and oxygen atoms in total. The van der Waals surface area contributed by atoms with Gasteiger partial charge in [-0.05, 0) is 36.2 Å². The summed E-state index contributed by atoms with van der Waals surface area (Å²) in [7, 11) is 1.35. The minimum atomic E-state index is 1.08. The third kappa shape index (κ3) is 3.30. The number of rotatable bonds is 4. The highest BCUT2D eigenvalue weighted by molar-refractivity contribution is 7.43. The van der Waals surface area contributed by atoms with Gasteiger partial charge in [-0.3, -0.25) is 0 Å². The summed E-state index contributed by atoms with van der Waals surface area (Å²) in [5.74, 6) is 2.29. The molecular weight excluding hydrogens is 349 g/mol. The largest absolute Gasteiger partial charge is 0.235 e. The fourth-order valence-corrected chi connectivity index (χ4v) is 5.98. The zero-order chi connectivity index (χ0) is 16.4. The number of aromatic nitrogens is 1. The lowest BCUT2D eigenvalue weighted by molar-refractivity contribution is 1.04. The average molecular weight is 367 g/mol. The van der Waals surface area contributed by atoms with Crippen LogP contribution >= 0.6 is 30.9 Å². The van der Waals surface area contributed by atoms with Crippen LogP contribution in [0.4, 0.5) is 0 Å². The van der Waals surface area contributed by atoms with Gasteiger partial charge in [-0.1, -0.05) is 57.6 Å². The molecule has 0 saturated heterocycles. The summed E-state index contributed by atoms with van der Waals surface area (Å²) in [5, 5.41) is 3.32. The molecule has 1 aliphatic carbocycles. The molecule has 0 spiro atoms. The van der Waals surface area contributed by atoms with Crippen molar-refractivity contribution in [1.82, 2.24) is 4.98 Å². The van der Waals surface area contributed by atoms with Crippen molar-refractivity contribution in [2.24, 2.45) is 0 Å². The Morgan fingerprint density at radius 2 is 1.96 bits per heavy atom. The molecule has 0 unspecified atom stereocenters. The van der Waals surface area contributed by atoms with Gasteiger partial charge in [-0.15, -0.1) is 22.7 Å². The summed E-state index contributed by atoms with van der Waals surface area (Å²) in [6.45, 7) is 2.22. The van der Waals surface area contributed by atoms with Crippen molar-refractivity contribution in [2.45, 2.75) is 26.2 Å². The molecular formula is C20H18NPS2. The van der Waals surface area contributed by atoms with E-state index < -0.39 is 0 Å². The molecule has 2 aromatic heterocycles. The molecule has 0 fully saturated rings. The minimum absolute atomic E-state index is 1.08. The van der Waals surface area contributed by atoms with Crippen LogP contribution in [-0.4, -0.2) is 4.98 Å². The van der Waals surface area contributed by atoms with E-state index in [1.54, 1.807) is 11.3 Å². The number of nitrogens with zero attached hydrogens (tertiary/aromatic N) is 1. The first-order valence-electron chi connectivity index (χ1n) is 8.21. The lowest BCUT2D eigenvalue weighted by Crippen LogP contribution is -1.86. The van der Waals surface area contributed by atoms with Crippen molar-refractivity contribution in [2.75, 3.05) is 0 Å². The van der Waals surface area contributed by atoms with Crippen LogP contribution in [0, 0.1) is 0 Å². The average Bonchev–Trinajstić information content (AvgIpc) is 3.32. The maximum Gasteiger partial charge on any atom is 0.134 e. The smallest absolute Gasteiger partial charge is 0.134 e. The number of allylic oxidation sites excluding steroid dienone is 4. The number of thiazole rings is 1. The molecule has 1 aliphatic rings. The lowest BCUT2D eigenvalue weighted by Gasteiger charge is -2.07. The van der Waals surface area contributed by atoms with Crippen molar-refractivity contribution in [3.8, 4) is 21.1 Å².